The molecule has 2 rings (SSSR count). The molecule has 2 N–H and O–H groups in total. The molecule has 0 amide bonds. The minimum Gasteiger partial charge on any atom is -0.508 e. The van der Waals surface area contributed by atoms with Gasteiger partial charge in [-0.1, -0.05) is 18.2 Å². The highest BCUT2D eigenvalue weighted by atomic mass is 16.5. The lowest BCUT2D eigenvalue weighted by atomic mass is 10.1. The largest absolute Gasteiger partial charge is 0.508 e. The summed E-state index contributed by atoms with van der Waals surface area (Å²) in [7, 11) is 0. The van der Waals surface area contributed by atoms with E-state index >= 15 is 0 Å². The number of phenols is 1. The second-order valence-corrected chi connectivity index (χ2v) is 5.73. The zero-order valence-electron chi connectivity index (χ0n) is 13.4. The third-order valence-corrected chi connectivity index (χ3v) is 3.35. The number of aliphatic carboxylic acids is 1. The molecule has 0 aromatic heterocycles. The van der Waals surface area contributed by atoms with Gasteiger partial charge < -0.3 is 14.9 Å². The van der Waals surface area contributed by atoms with Crippen LogP contribution in [0.3, 0.4) is 0 Å². The van der Waals surface area contributed by atoms with Gasteiger partial charge in [-0.15, -0.1) is 0 Å². The van der Waals surface area contributed by atoms with Crippen LogP contribution in [0.5, 0.6) is 11.5 Å². The van der Waals surface area contributed by atoms with Crippen molar-refractivity contribution in [3.05, 3.63) is 65.7 Å². The number of carboxylic acids is 1. The Bertz CT molecular complexity index is 755. The highest BCUT2D eigenvalue weighted by Gasteiger charge is 2.29. The number of hydrogen-bond donors (Lipinski definition) is 2. The SMILES string of the molecule is CC(C)(Oc1ccc(C(=O)/C=C/c2ccc(O)cc2)cc1)C(=O)O. The lowest BCUT2D eigenvalue weighted by Crippen LogP contribution is -2.37. The Labute approximate surface area is 139 Å². The number of rotatable bonds is 6. The molecule has 0 unspecified atom stereocenters. The second kappa shape index (κ2) is 7.00. The summed E-state index contributed by atoms with van der Waals surface area (Å²) in [6.07, 6.45) is 3.09. The van der Waals surface area contributed by atoms with E-state index in [1.807, 2.05) is 0 Å². The van der Waals surface area contributed by atoms with Crippen LogP contribution in [0.25, 0.3) is 6.08 Å². The molecule has 24 heavy (non-hydrogen) atoms. The highest BCUT2D eigenvalue weighted by Crippen LogP contribution is 2.20. The van der Waals surface area contributed by atoms with Crippen LogP contribution in [-0.2, 0) is 4.79 Å². The van der Waals surface area contributed by atoms with Crippen LogP contribution < -0.4 is 4.74 Å². The maximum atomic E-state index is 12.1. The number of ketones is 1. The average molecular weight is 326 g/mol. The fourth-order valence-corrected chi connectivity index (χ4v) is 1.88. The average Bonchev–Trinajstić information content (AvgIpc) is 2.54. The van der Waals surface area contributed by atoms with Crippen molar-refractivity contribution in [3.63, 3.8) is 0 Å². The van der Waals surface area contributed by atoms with E-state index in [2.05, 4.69) is 0 Å². The maximum Gasteiger partial charge on any atom is 0.347 e. The highest BCUT2D eigenvalue weighted by molar-refractivity contribution is 6.06. The first-order chi connectivity index (χ1) is 11.3. The Hall–Kier alpha value is -3.08. The number of carbonyl (C=O) groups is 2. The van der Waals surface area contributed by atoms with E-state index < -0.39 is 11.6 Å². The molecule has 0 spiro atoms. The molecule has 0 fully saturated rings. The molecular weight excluding hydrogens is 308 g/mol. The maximum absolute atomic E-state index is 12.1. The van der Waals surface area contributed by atoms with Gasteiger partial charge in [0, 0.05) is 5.56 Å². The second-order valence-electron chi connectivity index (χ2n) is 5.73. The van der Waals surface area contributed by atoms with Crippen molar-refractivity contribution in [2.24, 2.45) is 0 Å². The van der Waals surface area contributed by atoms with E-state index in [0.29, 0.717) is 11.3 Å². The molecule has 0 bridgehead atoms. The quantitative estimate of drug-likeness (QED) is 0.627. The number of ether oxygens (including phenoxy) is 1. The standard InChI is InChI=1S/C19H18O5/c1-19(2,18(22)23)24-16-10-6-14(7-11-16)17(21)12-5-13-3-8-15(20)9-4-13/h3-12,20H,1-2H3,(H,22,23)/b12-5+. The molecule has 0 atom stereocenters. The van der Waals surface area contributed by atoms with Gasteiger partial charge in [0.05, 0.1) is 0 Å². The van der Waals surface area contributed by atoms with E-state index in [0.717, 1.165) is 5.56 Å². The van der Waals surface area contributed by atoms with Gasteiger partial charge in [-0.3, -0.25) is 4.79 Å². The van der Waals surface area contributed by atoms with Gasteiger partial charge in [0.2, 0.25) is 0 Å². The predicted molar refractivity (Wildman–Crippen MR) is 90.3 cm³/mol. The van der Waals surface area contributed by atoms with Crippen LogP contribution in [0, 0.1) is 0 Å². The van der Waals surface area contributed by atoms with Crippen LogP contribution >= 0.6 is 0 Å². The molecular formula is C19H18O5. The summed E-state index contributed by atoms with van der Waals surface area (Å²) >= 11 is 0. The van der Waals surface area contributed by atoms with Gasteiger partial charge >= 0.3 is 5.97 Å². The van der Waals surface area contributed by atoms with Crippen molar-refractivity contribution in [2.45, 2.75) is 19.4 Å². The molecule has 2 aromatic rings. The monoisotopic (exact) mass is 326 g/mol. The molecule has 5 heteroatoms. The molecule has 124 valence electrons. The van der Waals surface area contributed by atoms with E-state index in [1.165, 1.54) is 19.9 Å². The third kappa shape index (κ3) is 4.46. The summed E-state index contributed by atoms with van der Waals surface area (Å²) in [4.78, 5) is 23.2. The third-order valence-electron chi connectivity index (χ3n) is 3.35. The van der Waals surface area contributed by atoms with Gasteiger partial charge in [-0.25, -0.2) is 4.79 Å². The van der Waals surface area contributed by atoms with Crippen molar-refractivity contribution >= 4 is 17.8 Å². The summed E-state index contributed by atoms with van der Waals surface area (Å²) in [6.45, 7) is 2.91. The Kier molecular flexibility index (Phi) is 5.04. The summed E-state index contributed by atoms with van der Waals surface area (Å²) in [6, 6.07) is 12.8. The minimum atomic E-state index is -1.34. The first-order valence-electron chi connectivity index (χ1n) is 7.32. The molecule has 0 saturated heterocycles. The lowest BCUT2D eigenvalue weighted by molar-refractivity contribution is -0.152. The van der Waals surface area contributed by atoms with Crippen molar-refractivity contribution in [1.29, 1.82) is 0 Å². The molecule has 5 nitrogen and oxygen atoms in total. The van der Waals surface area contributed by atoms with Crippen LogP contribution in [-0.4, -0.2) is 27.6 Å². The van der Waals surface area contributed by atoms with Gasteiger partial charge in [-0.2, -0.15) is 0 Å². The molecule has 0 aliphatic heterocycles. The van der Waals surface area contributed by atoms with Crippen LogP contribution in [0.4, 0.5) is 0 Å². The fraction of sp³-hybridized carbons (Fsp3) is 0.158. The molecule has 0 heterocycles. The van der Waals surface area contributed by atoms with Crippen molar-refractivity contribution in [1.82, 2.24) is 0 Å². The Balaban J connectivity index is 2.06. The Morgan fingerprint density at radius 1 is 1.00 bits per heavy atom. The fourth-order valence-electron chi connectivity index (χ4n) is 1.88. The van der Waals surface area contributed by atoms with Crippen LogP contribution in [0.15, 0.2) is 54.6 Å². The predicted octanol–water partition coefficient (Wildman–Crippen LogP) is 3.53. The van der Waals surface area contributed by atoms with E-state index in [9.17, 15) is 14.7 Å². The summed E-state index contributed by atoms with van der Waals surface area (Å²) < 4.78 is 5.39. The number of aromatic hydroxyl groups is 1. The van der Waals surface area contributed by atoms with E-state index in [4.69, 9.17) is 9.84 Å². The van der Waals surface area contributed by atoms with E-state index in [-0.39, 0.29) is 11.5 Å². The number of benzene rings is 2. The van der Waals surface area contributed by atoms with Crippen LogP contribution in [0.2, 0.25) is 0 Å². The minimum absolute atomic E-state index is 0.165. The van der Waals surface area contributed by atoms with Gasteiger partial charge in [0.1, 0.15) is 11.5 Å². The van der Waals surface area contributed by atoms with Gasteiger partial charge in [0.15, 0.2) is 11.4 Å². The summed E-state index contributed by atoms with van der Waals surface area (Å²) in [5.41, 5.74) is -0.0839. The smallest absolute Gasteiger partial charge is 0.347 e. The first kappa shape index (κ1) is 17.3. The van der Waals surface area contributed by atoms with E-state index in [1.54, 1.807) is 54.6 Å². The van der Waals surface area contributed by atoms with Gasteiger partial charge in [0.25, 0.3) is 0 Å². The number of carboxylic acid groups (broad SMARTS) is 1. The van der Waals surface area contributed by atoms with Crippen molar-refractivity contribution in [2.75, 3.05) is 0 Å². The zero-order valence-corrected chi connectivity index (χ0v) is 13.4. The number of allylic oxidation sites excluding steroid dienone is 1. The molecule has 0 aliphatic carbocycles. The topological polar surface area (TPSA) is 83.8 Å². The first-order valence-corrected chi connectivity index (χ1v) is 7.32. The van der Waals surface area contributed by atoms with Gasteiger partial charge in [-0.05, 0) is 61.9 Å². The van der Waals surface area contributed by atoms with Crippen LogP contribution in [0.1, 0.15) is 29.8 Å². The lowest BCUT2D eigenvalue weighted by Gasteiger charge is -2.21. The normalized spacial score (nSPS) is 11.4. The zero-order chi connectivity index (χ0) is 17.7. The number of phenolic OH excluding ortho intramolecular Hbond substituents is 1. The molecule has 0 radical (unpaired) electrons. The molecule has 0 aliphatic rings. The Morgan fingerprint density at radius 2 is 1.58 bits per heavy atom. The molecule has 0 saturated carbocycles. The number of carbonyl (C=O) groups excluding carboxylic acids is 1. The molecule has 2 aromatic carbocycles. The number of hydrogen-bond acceptors (Lipinski definition) is 4. The summed E-state index contributed by atoms with van der Waals surface area (Å²) in [5, 5.41) is 18.3. The van der Waals surface area contributed by atoms with Crippen molar-refractivity contribution < 1.29 is 24.5 Å². The summed E-state index contributed by atoms with van der Waals surface area (Å²) in [5.74, 6) is -0.716. The Morgan fingerprint density at radius 3 is 2.12 bits per heavy atom. The van der Waals surface area contributed by atoms with Crippen molar-refractivity contribution in [3.8, 4) is 11.5 Å².